The second-order valence-corrected chi connectivity index (χ2v) is 7.95. The molecule has 3 aromatic rings. The number of methoxy groups -OCH3 is 1. The molecule has 1 aliphatic carbocycles. The van der Waals surface area contributed by atoms with Gasteiger partial charge in [-0.1, -0.05) is 42.5 Å². The van der Waals surface area contributed by atoms with E-state index < -0.39 is 0 Å². The Balaban J connectivity index is 1.81. The van der Waals surface area contributed by atoms with Crippen molar-refractivity contribution in [2.24, 2.45) is 0 Å². The Bertz CT molecular complexity index is 1070. The molecule has 0 aliphatic heterocycles. The van der Waals surface area contributed by atoms with Crippen molar-refractivity contribution in [1.29, 1.82) is 0 Å². The van der Waals surface area contributed by atoms with Gasteiger partial charge in [0, 0.05) is 11.0 Å². The largest absolute Gasteiger partial charge is 0.508 e. The van der Waals surface area contributed by atoms with Crippen LogP contribution in [0.3, 0.4) is 0 Å². The SMILES string of the molecule is CCOc1ccc(C2(Cc3ccc(OC)cc3C)C=C(O)c3ccccc3C2)cc1. The van der Waals surface area contributed by atoms with Crippen LogP contribution in [-0.4, -0.2) is 18.8 Å². The summed E-state index contributed by atoms with van der Waals surface area (Å²) in [5.74, 6) is 2.07. The Morgan fingerprint density at radius 3 is 2.40 bits per heavy atom. The first-order valence-electron chi connectivity index (χ1n) is 10.4. The van der Waals surface area contributed by atoms with Crippen LogP contribution in [0.2, 0.25) is 0 Å². The second-order valence-electron chi connectivity index (χ2n) is 7.95. The van der Waals surface area contributed by atoms with Crippen molar-refractivity contribution in [3.63, 3.8) is 0 Å². The third-order valence-electron chi connectivity index (χ3n) is 6.01. The van der Waals surface area contributed by atoms with Crippen LogP contribution < -0.4 is 9.47 Å². The van der Waals surface area contributed by atoms with Crippen molar-refractivity contribution in [3.05, 3.63) is 101 Å². The van der Waals surface area contributed by atoms with E-state index in [9.17, 15) is 5.11 Å². The molecule has 3 nitrogen and oxygen atoms in total. The lowest BCUT2D eigenvalue weighted by Gasteiger charge is -2.36. The van der Waals surface area contributed by atoms with Gasteiger partial charge >= 0.3 is 0 Å². The summed E-state index contributed by atoms with van der Waals surface area (Å²) >= 11 is 0. The quantitative estimate of drug-likeness (QED) is 0.548. The second kappa shape index (κ2) is 8.27. The number of ether oxygens (including phenoxy) is 2. The maximum atomic E-state index is 10.9. The molecule has 0 aromatic heterocycles. The van der Waals surface area contributed by atoms with E-state index in [4.69, 9.17) is 9.47 Å². The first-order valence-corrected chi connectivity index (χ1v) is 10.4. The summed E-state index contributed by atoms with van der Waals surface area (Å²) in [5.41, 5.74) is 5.34. The van der Waals surface area contributed by atoms with E-state index in [-0.39, 0.29) is 5.41 Å². The number of fused-ring (bicyclic) bond motifs is 1. The first kappa shape index (κ1) is 20.1. The van der Waals surface area contributed by atoms with Crippen molar-refractivity contribution >= 4 is 5.76 Å². The number of aliphatic hydroxyl groups is 1. The molecular weight excluding hydrogens is 372 g/mol. The number of aliphatic hydroxyl groups excluding tert-OH is 1. The number of rotatable bonds is 6. The highest BCUT2D eigenvalue weighted by Gasteiger charge is 2.36. The summed E-state index contributed by atoms with van der Waals surface area (Å²) < 4.78 is 11.0. The van der Waals surface area contributed by atoms with Gasteiger partial charge < -0.3 is 14.6 Å². The van der Waals surface area contributed by atoms with Crippen LogP contribution in [0, 0.1) is 6.92 Å². The highest BCUT2D eigenvalue weighted by molar-refractivity contribution is 5.68. The predicted molar refractivity (Wildman–Crippen MR) is 121 cm³/mol. The normalized spacial score (nSPS) is 17.8. The van der Waals surface area contributed by atoms with Crippen LogP contribution in [-0.2, 0) is 18.3 Å². The zero-order valence-electron chi connectivity index (χ0n) is 17.8. The van der Waals surface area contributed by atoms with Crippen molar-refractivity contribution in [1.82, 2.24) is 0 Å². The molecule has 0 spiro atoms. The van der Waals surface area contributed by atoms with E-state index in [1.807, 2.05) is 49.4 Å². The molecule has 4 rings (SSSR count). The highest BCUT2D eigenvalue weighted by atomic mass is 16.5. The zero-order chi connectivity index (χ0) is 21.1. The molecule has 0 saturated carbocycles. The number of aryl methyl sites for hydroxylation is 1. The maximum absolute atomic E-state index is 10.9. The molecule has 3 heteroatoms. The molecule has 0 amide bonds. The molecule has 1 unspecified atom stereocenters. The molecule has 1 N–H and O–H groups in total. The van der Waals surface area contributed by atoms with Gasteiger partial charge in [0.1, 0.15) is 17.3 Å². The van der Waals surface area contributed by atoms with Crippen LogP contribution in [0.4, 0.5) is 0 Å². The fourth-order valence-corrected chi connectivity index (χ4v) is 4.44. The average Bonchev–Trinajstić information content (AvgIpc) is 2.76. The molecule has 3 aromatic carbocycles. The van der Waals surface area contributed by atoms with Gasteiger partial charge in [0.15, 0.2) is 0 Å². The highest BCUT2D eigenvalue weighted by Crippen LogP contribution is 2.42. The summed E-state index contributed by atoms with van der Waals surface area (Å²) in [6, 6.07) is 22.6. The monoisotopic (exact) mass is 400 g/mol. The Kier molecular flexibility index (Phi) is 5.54. The fraction of sp³-hybridized carbons (Fsp3) is 0.259. The zero-order valence-corrected chi connectivity index (χ0v) is 17.8. The first-order chi connectivity index (χ1) is 14.5. The van der Waals surface area contributed by atoms with Crippen molar-refractivity contribution in [2.75, 3.05) is 13.7 Å². The fourth-order valence-electron chi connectivity index (χ4n) is 4.44. The molecule has 1 atom stereocenters. The summed E-state index contributed by atoms with van der Waals surface area (Å²) in [4.78, 5) is 0. The topological polar surface area (TPSA) is 38.7 Å². The smallest absolute Gasteiger partial charge is 0.120 e. The molecule has 30 heavy (non-hydrogen) atoms. The number of benzene rings is 3. The van der Waals surface area contributed by atoms with Gasteiger partial charge in [-0.3, -0.25) is 0 Å². The van der Waals surface area contributed by atoms with Crippen molar-refractivity contribution < 1.29 is 14.6 Å². The van der Waals surface area contributed by atoms with Gasteiger partial charge in [0.05, 0.1) is 13.7 Å². The molecule has 0 radical (unpaired) electrons. The van der Waals surface area contributed by atoms with Crippen LogP contribution in [0.5, 0.6) is 11.5 Å². The molecule has 1 aliphatic rings. The minimum Gasteiger partial charge on any atom is -0.508 e. The number of hydrogen-bond donors (Lipinski definition) is 1. The predicted octanol–water partition coefficient (Wildman–Crippen LogP) is 6.04. The van der Waals surface area contributed by atoms with Gasteiger partial charge in [-0.2, -0.15) is 0 Å². The molecule has 0 fully saturated rings. The lowest BCUT2D eigenvalue weighted by Crippen LogP contribution is -2.33. The maximum Gasteiger partial charge on any atom is 0.120 e. The Hall–Kier alpha value is -3.20. The van der Waals surface area contributed by atoms with Crippen LogP contribution in [0.1, 0.15) is 34.7 Å². The average molecular weight is 401 g/mol. The lowest BCUT2D eigenvalue weighted by molar-refractivity contribution is 0.340. The molecule has 0 heterocycles. The standard InChI is InChI=1S/C27H28O3/c1-4-30-23-13-10-22(11-14-23)27(16-20-9-12-24(29-3)15-19(20)2)17-21-7-5-6-8-25(21)26(28)18-27/h5-15,18,28H,4,16-17H2,1-3H3. The minimum atomic E-state index is -0.345. The summed E-state index contributed by atoms with van der Waals surface area (Å²) in [7, 11) is 1.69. The van der Waals surface area contributed by atoms with Crippen molar-refractivity contribution in [2.45, 2.75) is 32.1 Å². The number of allylic oxidation sites excluding steroid dienone is 1. The van der Waals surface area contributed by atoms with Gasteiger partial charge in [-0.25, -0.2) is 0 Å². The van der Waals surface area contributed by atoms with E-state index in [0.29, 0.717) is 12.4 Å². The van der Waals surface area contributed by atoms with Gasteiger partial charge in [0.25, 0.3) is 0 Å². The van der Waals surface area contributed by atoms with Crippen molar-refractivity contribution in [3.8, 4) is 11.5 Å². The van der Waals surface area contributed by atoms with Crippen LogP contribution >= 0.6 is 0 Å². The third kappa shape index (κ3) is 3.80. The van der Waals surface area contributed by atoms with E-state index >= 15 is 0 Å². The number of hydrogen-bond acceptors (Lipinski definition) is 3. The van der Waals surface area contributed by atoms with E-state index in [2.05, 4.69) is 37.3 Å². The van der Waals surface area contributed by atoms with Crippen LogP contribution in [0.25, 0.3) is 5.76 Å². The Labute approximate surface area is 178 Å². The molecule has 154 valence electrons. The lowest BCUT2D eigenvalue weighted by atomic mass is 9.67. The molecule has 0 saturated heterocycles. The van der Waals surface area contributed by atoms with E-state index in [0.717, 1.165) is 35.5 Å². The summed E-state index contributed by atoms with van der Waals surface area (Å²) in [6.45, 7) is 4.74. The third-order valence-corrected chi connectivity index (χ3v) is 6.01. The summed E-state index contributed by atoms with van der Waals surface area (Å²) in [6.07, 6.45) is 3.65. The Morgan fingerprint density at radius 2 is 1.70 bits per heavy atom. The van der Waals surface area contributed by atoms with Gasteiger partial charge in [-0.15, -0.1) is 0 Å². The summed E-state index contributed by atoms with van der Waals surface area (Å²) in [5, 5.41) is 10.9. The Morgan fingerprint density at radius 1 is 0.967 bits per heavy atom. The van der Waals surface area contributed by atoms with Crippen LogP contribution in [0.15, 0.2) is 72.8 Å². The van der Waals surface area contributed by atoms with E-state index in [1.54, 1.807) is 7.11 Å². The van der Waals surface area contributed by atoms with E-state index in [1.165, 1.54) is 16.7 Å². The van der Waals surface area contributed by atoms with Gasteiger partial charge in [0.2, 0.25) is 0 Å². The molecular formula is C27H28O3. The molecule has 0 bridgehead atoms. The van der Waals surface area contributed by atoms with Gasteiger partial charge in [-0.05, 0) is 79.3 Å². The minimum absolute atomic E-state index is 0.344.